The molecule has 0 fully saturated rings. The minimum absolute atomic E-state index is 0.0197. The molecule has 0 unspecified atom stereocenters. The first kappa shape index (κ1) is 16.6. The number of hydrogen-bond acceptors (Lipinski definition) is 4. The Hall–Kier alpha value is -2.80. The molecule has 1 N–H and O–H groups in total. The van der Waals surface area contributed by atoms with Gasteiger partial charge in [-0.2, -0.15) is 5.10 Å². The zero-order valence-electron chi connectivity index (χ0n) is 11.8. The zero-order chi connectivity index (χ0) is 16.7. The molecule has 1 amide bonds. The van der Waals surface area contributed by atoms with Crippen molar-refractivity contribution >= 4 is 39.8 Å². The standard InChI is InChI=1S/C16H12BrN3O3/c17-15-9-2-1-8-14(15)16(21)19-18-10-4-6-12-5-3-7-13(11-12)20(22)23/h1-11H,(H,19,21). The summed E-state index contributed by atoms with van der Waals surface area (Å²) in [5, 5.41) is 14.5. The Balaban J connectivity index is 1.94. The number of hydrogen-bond donors (Lipinski definition) is 1. The summed E-state index contributed by atoms with van der Waals surface area (Å²) in [7, 11) is 0. The van der Waals surface area contributed by atoms with Gasteiger partial charge in [0.1, 0.15) is 0 Å². The highest BCUT2D eigenvalue weighted by atomic mass is 79.9. The number of nitrogens with zero attached hydrogens (tertiary/aromatic N) is 2. The SMILES string of the molecule is O=C(NN=CC=Cc1cccc([N+](=O)[O-])c1)c1ccccc1Br. The summed E-state index contributed by atoms with van der Waals surface area (Å²) >= 11 is 3.29. The Labute approximate surface area is 140 Å². The zero-order valence-corrected chi connectivity index (χ0v) is 13.4. The van der Waals surface area contributed by atoms with E-state index < -0.39 is 4.92 Å². The number of halogens is 1. The van der Waals surface area contributed by atoms with Gasteiger partial charge in [0.2, 0.25) is 0 Å². The summed E-state index contributed by atoms with van der Waals surface area (Å²) in [5.41, 5.74) is 3.56. The van der Waals surface area contributed by atoms with Crippen molar-refractivity contribution < 1.29 is 9.72 Å². The predicted octanol–water partition coefficient (Wildman–Crippen LogP) is 3.79. The highest BCUT2D eigenvalue weighted by Gasteiger charge is 2.07. The van der Waals surface area contributed by atoms with Gasteiger partial charge < -0.3 is 0 Å². The second-order valence-corrected chi connectivity index (χ2v) is 5.26. The molecule has 23 heavy (non-hydrogen) atoms. The lowest BCUT2D eigenvalue weighted by Crippen LogP contribution is -2.17. The normalized spacial score (nSPS) is 11.0. The number of allylic oxidation sites excluding steroid dienone is 1. The number of carbonyl (C=O) groups is 1. The number of nitro groups is 1. The van der Waals surface area contributed by atoms with Crippen molar-refractivity contribution in [2.75, 3.05) is 0 Å². The minimum Gasteiger partial charge on any atom is -0.267 e. The van der Waals surface area contributed by atoms with Crippen LogP contribution in [0.1, 0.15) is 15.9 Å². The number of non-ortho nitro benzene ring substituents is 1. The van der Waals surface area contributed by atoms with Gasteiger partial charge in [-0.25, -0.2) is 5.43 Å². The molecule has 0 radical (unpaired) electrons. The largest absolute Gasteiger partial charge is 0.272 e. The first-order valence-electron chi connectivity index (χ1n) is 6.57. The van der Waals surface area contributed by atoms with Gasteiger partial charge in [-0.15, -0.1) is 0 Å². The molecule has 0 aliphatic heterocycles. The Morgan fingerprint density at radius 3 is 2.74 bits per heavy atom. The Morgan fingerprint density at radius 1 is 1.22 bits per heavy atom. The van der Waals surface area contributed by atoms with Crippen LogP contribution in [0.2, 0.25) is 0 Å². The van der Waals surface area contributed by atoms with Crippen LogP contribution in [0, 0.1) is 10.1 Å². The summed E-state index contributed by atoms with van der Waals surface area (Å²) in [6.45, 7) is 0. The van der Waals surface area contributed by atoms with Gasteiger partial charge in [-0.1, -0.05) is 30.3 Å². The van der Waals surface area contributed by atoms with Gasteiger partial charge in [-0.3, -0.25) is 14.9 Å². The van der Waals surface area contributed by atoms with Crippen LogP contribution in [0.25, 0.3) is 6.08 Å². The molecule has 0 spiro atoms. The number of benzene rings is 2. The van der Waals surface area contributed by atoms with Crippen molar-refractivity contribution in [3.8, 4) is 0 Å². The molecule has 2 aromatic rings. The summed E-state index contributed by atoms with van der Waals surface area (Å²) in [6, 6.07) is 13.2. The molecular formula is C16H12BrN3O3. The van der Waals surface area contributed by atoms with Crippen LogP contribution in [-0.2, 0) is 0 Å². The van der Waals surface area contributed by atoms with Gasteiger partial charge in [-0.05, 0) is 39.7 Å². The number of hydrazone groups is 1. The van der Waals surface area contributed by atoms with E-state index in [1.54, 1.807) is 42.5 Å². The van der Waals surface area contributed by atoms with Gasteiger partial charge >= 0.3 is 0 Å². The topological polar surface area (TPSA) is 84.6 Å². The number of nitrogens with one attached hydrogen (secondary N) is 1. The lowest BCUT2D eigenvalue weighted by molar-refractivity contribution is -0.384. The van der Waals surface area contributed by atoms with E-state index >= 15 is 0 Å². The fourth-order valence-corrected chi connectivity index (χ4v) is 2.21. The van der Waals surface area contributed by atoms with E-state index in [1.807, 2.05) is 6.07 Å². The average Bonchev–Trinajstić information content (AvgIpc) is 2.55. The summed E-state index contributed by atoms with van der Waals surface area (Å²) in [4.78, 5) is 22.1. The predicted molar refractivity (Wildman–Crippen MR) is 92.2 cm³/mol. The third-order valence-corrected chi connectivity index (χ3v) is 3.51. The summed E-state index contributed by atoms with van der Waals surface area (Å²) in [5.74, 6) is -0.336. The van der Waals surface area contributed by atoms with Crippen molar-refractivity contribution in [2.24, 2.45) is 5.10 Å². The van der Waals surface area contributed by atoms with Crippen LogP contribution in [0.15, 0.2) is 64.2 Å². The van der Waals surface area contributed by atoms with E-state index in [2.05, 4.69) is 26.5 Å². The maximum atomic E-state index is 11.9. The molecule has 0 aliphatic carbocycles. The Bertz CT molecular complexity index is 788. The van der Waals surface area contributed by atoms with E-state index in [0.29, 0.717) is 15.6 Å². The molecule has 0 atom stereocenters. The molecule has 2 aromatic carbocycles. The molecule has 0 saturated carbocycles. The molecule has 2 rings (SSSR count). The van der Waals surface area contributed by atoms with E-state index in [9.17, 15) is 14.9 Å². The molecule has 0 aliphatic rings. The Kier molecular flexibility index (Phi) is 5.76. The van der Waals surface area contributed by atoms with Crippen LogP contribution in [0.5, 0.6) is 0 Å². The van der Waals surface area contributed by atoms with Gasteiger partial charge in [0.25, 0.3) is 11.6 Å². The van der Waals surface area contributed by atoms with E-state index in [4.69, 9.17) is 0 Å². The summed E-state index contributed by atoms with van der Waals surface area (Å²) < 4.78 is 0.680. The van der Waals surface area contributed by atoms with Gasteiger partial charge in [0, 0.05) is 22.8 Å². The van der Waals surface area contributed by atoms with Crippen molar-refractivity contribution in [3.63, 3.8) is 0 Å². The second kappa shape index (κ2) is 8.00. The maximum Gasteiger partial charge on any atom is 0.272 e. The van der Waals surface area contributed by atoms with Gasteiger partial charge in [0.15, 0.2) is 0 Å². The first-order valence-corrected chi connectivity index (χ1v) is 7.36. The van der Waals surface area contributed by atoms with Crippen molar-refractivity contribution in [3.05, 3.63) is 80.3 Å². The molecular weight excluding hydrogens is 362 g/mol. The quantitative estimate of drug-likeness (QED) is 0.491. The molecule has 116 valence electrons. The lowest BCUT2D eigenvalue weighted by Gasteiger charge is -2.01. The fraction of sp³-hybridized carbons (Fsp3) is 0. The summed E-state index contributed by atoms with van der Waals surface area (Å²) in [6.07, 6.45) is 4.63. The third kappa shape index (κ3) is 4.86. The minimum atomic E-state index is -0.455. The van der Waals surface area contributed by atoms with Crippen LogP contribution in [-0.4, -0.2) is 17.0 Å². The lowest BCUT2D eigenvalue weighted by atomic mass is 10.2. The molecule has 7 heteroatoms. The number of rotatable bonds is 5. The van der Waals surface area contributed by atoms with Crippen molar-refractivity contribution in [2.45, 2.75) is 0 Å². The molecule has 0 saturated heterocycles. The molecule has 0 heterocycles. The van der Waals surface area contributed by atoms with Crippen LogP contribution >= 0.6 is 15.9 Å². The third-order valence-electron chi connectivity index (χ3n) is 2.81. The number of amides is 1. The van der Waals surface area contributed by atoms with Crippen molar-refractivity contribution in [1.82, 2.24) is 5.43 Å². The highest BCUT2D eigenvalue weighted by Crippen LogP contribution is 2.15. The molecule has 6 nitrogen and oxygen atoms in total. The molecule has 0 bridgehead atoms. The smallest absolute Gasteiger partial charge is 0.267 e. The van der Waals surface area contributed by atoms with E-state index in [-0.39, 0.29) is 11.6 Å². The van der Waals surface area contributed by atoms with Crippen LogP contribution in [0.3, 0.4) is 0 Å². The Morgan fingerprint density at radius 2 is 2.00 bits per heavy atom. The highest BCUT2D eigenvalue weighted by molar-refractivity contribution is 9.10. The van der Waals surface area contributed by atoms with E-state index in [1.165, 1.54) is 18.3 Å². The molecule has 0 aromatic heterocycles. The average molecular weight is 374 g/mol. The first-order chi connectivity index (χ1) is 11.1. The number of nitro benzene ring substituents is 1. The number of carbonyl (C=O) groups excluding carboxylic acids is 1. The maximum absolute atomic E-state index is 11.9. The van der Waals surface area contributed by atoms with Crippen LogP contribution in [0.4, 0.5) is 5.69 Å². The van der Waals surface area contributed by atoms with Crippen molar-refractivity contribution in [1.29, 1.82) is 0 Å². The van der Waals surface area contributed by atoms with E-state index in [0.717, 1.165) is 0 Å². The fourth-order valence-electron chi connectivity index (χ4n) is 1.74. The second-order valence-electron chi connectivity index (χ2n) is 4.41. The van der Waals surface area contributed by atoms with Crippen LogP contribution < -0.4 is 5.43 Å². The monoisotopic (exact) mass is 373 g/mol. The van der Waals surface area contributed by atoms with Gasteiger partial charge in [0.05, 0.1) is 10.5 Å².